The van der Waals surface area contributed by atoms with Crippen molar-refractivity contribution in [2.75, 3.05) is 6.54 Å². The van der Waals surface area contributed by atoms with Gasteiger partial charge in [-0.05, 0) is 6.07 Å². The topological polar surface area (TPSA) is 138 Å². The van der Waals surface area contributed by atoms with E-state index in [9.17, 15) is 29.6 Å². The van der Waals surface area contributed by atoms with Crippen LogP contribution in [0, 0.1) is 10.1 Å². The highest BCUT2D eigenvalue weighted by Gasteiger charge is 2.48. The molecule has 1 amide bonds. The Bertz CT molecular complexity index is 1010. The summed E-state index contributed by atoms with van der Waals surface area (Å²) in [5, 5.41) is 31.3. The molecule has 2 aromatic carbocycles. The molecule has 0 aromatic heterocycles. The number of hydrogen-bond acceptors (Lipinski definition) is 6. The molecular weight excluding hydrogens is 368 g/mol. The summed E-state index contributed by atoms with van der Waals surface area (Å²) in [6.07, 6.45) is 0. The van der Waals surface area contributed by atoms with Gasteiger partial charge in [0.25, 0.3) is 17.4 Å². The van der Waals surface area contributed by atoms with E-state index in [1.54, 1.807) is 18.2 Å². The average molecular weight is 382 g/mol. The number of likely N-dealkylation sites (tertiary alicyclic amines) is 1. The Kier molecular flexibility index (Phi) is 4.90. The highest BCUT2D eigenvalue weighted by molar-refractivity contribution is 6.47. The number of carbonyl (C=O) groups excluding carboxylic acids is 2. The number of amides is 1. The zero-order valence-corrected chi connectivity index (χ0v) is 14.3. The first-order valence-electron chi connectivity index (χ1n) is 8.12. The molecule has 0 bridgehead atoms. The number of benzene rings is 2. The fourth-order valence-corrected chi connectivity index (χ4v) is 3.15. The van der Waals surface area contributed by atoms with Gasteiger partial charge < -0.3 is 15.1 Å². The van der Waals surface area contributed by atoms with Crippen LogP contribution in [0.4, 0.5) is 5.69 Å². The maximum Gasteiger partial charge on any atom is 0.323 e. The van der Waals surface area contributed by atoms with E-state index in [0.717, 1.165) is 0 Å². The van der Waals surface area contributed by atoms with E-state index >= 15 is 0 Å². The van der Waals surface area contributed by atoms with Crippen molar-refractivity contribution in [3.63, 3.8) is 0 Å². The lowest BCUT2D eigenvalue weighted by molar-refractivity contribution is -0.385. The summed E-state index contributed by atoms with van der Waals surface area (Å²) in [4.78, 5) is 47.7. The molecule has 0 radical (unpaired) electrons. The van der Waals surface area contributed by atoms with Gasteiger partial charge >= 0.3 is 5.97 Å². The molecule has 1 fully saturated rings. The van der Waals surface area contributed by atoms with Crippen LogP contribution < -0.4 is 0 Å². The van der Waals surface area contributed by atoms with E-state index in [4.69, 9.17) is 5.11 Å². The molecule has 0 spiro atoms. The molecule has 9 nitrogen and oxygen atoms in total. The summed E-state index contributed by atoms with van der Waals surface area (Å²) < 4.78 is 0. The summed E-state index contributed by atoms with van der Waals surface area (Å²) in [5.41, 5.74) is -0.639. The van der Waals surface area contributed by atoms with Gasteiger partial charge in [0.05, 0.1) is 22.1 Å². The number of rotatable bonds is 5. The van der Waals surface area contributed by atoms with E-state index in [2.05, 4.69) is 0 Å². The quantitative estimate of drug-likeness (QED) is 0.265. The third kappa shape index (κ3) is 3.20. The Hall–Kier alpha value is -4.01. The minimum absolute atomic E-state index is 0.0644. The first kappa shape index (κ1) is 18.8. The first-order chi connectivity index (χ1) is 13.3. The molecule has 2 N–H and O–H groups in total. The number of hydrogen-bond donors (Lipinski definition) is 2. The normalized spacial score (nSPS) is 18.3. The number of para-hydroxylation sites is 1. The number of carboxylic acid groups (broad SMARTS) is 1. The molecule has 1 saturated heterocycles. The zero-order chi connectivity index (χ0) is 20.4. The molecule has 9 heteroatoms. The predicted octanol–water partition coefficient (Wildman–Crippen LogP) is 2.10. The summed E-state index contributed by atoms with van der Waals surface area (Å²) in [7, 11) is 0. The van der Waals surface area contributed by atoms with Crippen LogP contribution in [0.5, 0.6) is 0 Å². The van der Waals surface area contributed by atoms with Crippen LogP contribution in [0.2, 0.25) is 0 Å². The lowest BCUT2D eigenvalue weighted by atomic mass is 9.94. The minimum atomic E-state index is -1.40. The molecule has 0 unspecified atom stereocenters. The number of aliphatic hydroxyl groups is 1. The Morgan fingerprint density at radius 2 is 1.64 bits per heavy atom. The summed E-state index contributed by atoms with van der Waals surface area (Å²) >= 11 is 0. The molecule has 0 aliphatic carbocycles. The number of carbonyl (C=O) groups is 3. The van der Waals surface area contributed by atoms with Gasteiger partial charge in [-0.1, -0.05) is 42.5 Å². The summed E-state index contributed by atoms with van der Waals surface area (Å²) in [5.74, 6) is -4.19. The van der Waals surface area contributed by atoms with Gasteiger partial charge in [-0.25, -0.2) is 0 Å². The second kappa shape index (κ2) is 7.31. The van der Waals surface area contributed by atoms with Crippen molar-refractivity contribution in [2.45, 2.75) is 6.04 Å². The summed E-state index contributed by atoms with van der Waals surface area (Å²) in [6.45, 7) is -0.854. The molecule has 1 aliphatic rings. The van der Waals surface area contributed by atoms with E-state index < -0.39 is 52.2 Å². The van der Waals surface area contributed by atoms with Gasteiger partial charge in [0, 0.05) is 11.6 Å². The second-order valence-corrected chi connectivity index (χ2v) is 6.00. The molecule has 2 aromatic rings. The number of carboxylic acids is 1. The van der Waals surface area contributed by atoms with Gasteiger partial charge in [-0.3, -0.25) is 24.5 Å². The van der Waals surface area contributed by atoms with Gasteiger partial charge in [-0.2, -0.15) is 0 Å². The first-order valence-corrected chi connectivity index (χ1v) is 8.12. The molecule has 1 aliphatic heterocycles. The monoisotopic (exact) mass is 382 g/mol. The average Bonchev–Trinajstić information content (AvgIpc) is 2.92. The number of aliphatic hydroxyl groups excluding tert-OH is 1. The third-order valence-electron chi connectivity index (χ3n) is 4.32. The van der Waals surface area contributed by atoms with Crippen molar-refractivity contribution in [3.8, 4) is 0 Å². The van der Waals surface area contributed by atoms with E-state index in [0.29, 0.717) is 4.90 Å². The zero-order valence-electron chi connectivity index (χ0n) is 14.3. The van der Waals surface area contributed by atoms with E-state index in [-0.39, 0.29) is 11.1 Å². The second-order valence-electron chi connectivity index (χ2n) is 6.00. The Morgan fingerprint density at radius 3 is 2.25 bits per heavy atom. The Balaban J connectivity index is 2.28. The van der Waals surface area contributed by atoms with Crippen molar-refractivity contribution >= 4 is 29.1 Å². The maximum absolute atomic E-state index is 12.6. The third-order valence-corrected chi connectivity index (χ3v) is 4.32. The number of nitrogens with zero attached hydrogens (tertiary/aromatic N) is 2. The van der Waals surface area contributed by atoms with Crippen molar-refractivity contribution in [1.82, 2.24) is 4.90 Å². The highest BCUT2D eigenvalue weighted by atomic mass is 16.6. The highest BCUT2D eigenvalue weighted by Crippen LogP contribution is 2.42. The van der Waals surface area contributed by atoms with Crippen molar-refractivity contribution in [3.05, 3.63) is 81.4 Å². The van der Waals surface area contributed by atoms with Crippen LogP contribution in [0.25, 0.3) is 5.76 Å². The van der Waals surface area contributed by atoms with Crippen LogP contribution >= 0.6 is 0 Å². The number of ketones is 1. The molecule has 1 heterocycles. The molecule has 28 heavy (non-hydrogen) atoms. The number of aliphatic carboxylic acids is 1. The van der Waals surface area contributed by atoms with Crippen LogP contribution in [-0.4, -0.2) is 44.2 Å². The number of Topliss-reactive ketones (excluding diaryl/α,β-unsaturated/α-hetero) is 1. The van der Waals surface area contributed by atoms with Crippen molar-refractivity contribution in [1.29, 1.82) is 0 Å². The Morgan fingerprint density at radius 1 is 1.04 bits per heavy atom. The molecular formula is C19H14N2O7. The van der Waals surface area contributed by atoms with Crippen LogP contribution in [0.3, 0.4) is 0 Å². The molecule has 142 valence electrons. The van der Waals surface area contributed by atoms with Gasteiger partial charge in [-0.15, -0.1) is 0 Å². The van der Waals surface area contributed by atoms with Gasteiger partial charge in [0.1, 0.15) is 12.3 Å². The fourth-order valence-electron chi connectivity index (χ4n) is 3.15. The SMILES string of the molecule is O=C(O)CN1C(=O)C(=O)C(=C(O)c2ccccc2)[C@H]1c1ccccc1[N+](=O)[O-]. The Labute approximate surface area is 158 Å². The lowest BCUT2D eigenvalue weighted by Crippen LogP contribution is -2.34. The predicted molar refractivity (Wildman–Crippen MR) is 96.2 cm³/mol. The fraction of sp³-hybridized carbons (Fsp3) is 0.105. The molecule has 3 rings (SSSR count). The number of nitro groups is 1. The summed E-state index contributed by atoms with van der Waals surface area (Å²) in [6, 6.07) is 11.8. The van der Waals surface area contributed by atoms with Crippen LogP contribution in [-0.2, 0) is 14.4 Å². The standard InChI is InChI=1S/C19H14N2O7/c22-14(23)10-20-16(12-8-4-5-9-13(12)21(27)28)15(18(25)19(20)26)17(24)11-6-2-1-3-7-11/h1-9,16,24H,10H2,(H,22,23)/t16-/m1/s1. The van der Waals surface area contributed by atoms with Crippen LogP contribution in [0.15, 0.2) is 60.2 Å². The number of nitro benzene ring substituents is 1. The van der Waals surface area contributed by atoms with Gasteiger partial charge in [0.15, 0.2) is 0 Å². The minimum Gasteiger partial charge on any atom is -0.507 e. The molecule has 1 atom stereocenters. The van der Waals surface area contributed by atoms with Gasteiger partial charge in [0.2, 0.25) is 0 Å². The smallest absolute Gasteiger partial charge is 0.323 e. The molecule has 0 saturated carbocycles. The van der Waals surface area contributed by atoms with Crippen molar-refractivity contribution in [2.24, 2.45) is 0 Å². The maximum atomic E-state index is 12.6. The van der Waals surface area contributed by atoms with Crippen molar-refractivity contribution < 1.29 is 29.5 Å². The van der Waals surface area contributed by atoms with Crippen LogP contribution in [0.1, 0.15) is 17.2 Å². The lowest BCUT2D eigenvalue weighted by Gasteiger charge is -2.23. The van der Waals surface area contributed by atoms with E-state index in [1.807, 2.05) is 0 Å². The van der Waals surface area contributed by atoms with E-state index in [1.165, 1.54) is 36.4 Å². The largest absolute Gasteiger partial charge is 0.507 e.